The molecule has 0 saturated carbocycles. The van der Waals surface area contributed by atoms with Crippen molar-refractivity contribution in [1.82, 2.24) is 10.6 Å². The van der Waals surface area contributed by atoms with E-state index in [1.165, 1.54) is 5.69 Å². The smallest absolute Gasteiger partial charge is 0.225 e. The number of carbonyl (C=O) groups excluding carboxylic acids is 2. The molecular formula is C20H31N3O3. The number of rotatable bonds is 6. The van der Waals surface area contributed by atoms with E-state index in [2.05, 4.69) is 39.8 Å². The van der Waals surface area contributed by atoms with Gasteiger partial charge in [-0.1, -0.05) is 32.9 Å². The zero-order chi connectivity index (χ0) is 19.2. The minimum Gasteiger partial charge on any atom is -0.378 e. The molecule has 6 heteroatoms. The maximum Gasteiger partial charge on any atom is 0.225 e. The maximum absolute atomic E-state index is 12.1. The van der Waals surface area contributed by atoms with Crippen LogP contribution in [-0.4, -0.2) is 44.7 Å². The number of amides is 2. The topological polar surface area (TPSA) is 70.7 Å². The number of ether oxygens (including phenoxy) is 1. The van der Waals surface area contributed by atoms with Crippen LogP contribution in [0.5, 0.6) is 0 Å². The molecule has 1 aromatic carbocycles. The number of nitrogens with zero attached hydrogens (tertiary/aromatic N) is 1. The lowest BCUT2D eigenvalue weighted by atomic mass is 9.96. The molecule has 26 heavy (non-hydrogen) atoms. The Morgan fingerprint density at radius 3 is 2.35 bits per heavy atom. The first-order chi connectivity index (χ1) is 12.3. The van der Waals surface area contributed by atoms with Gasteiger partial charge in [0.05, 0.1) is 19.3 Å². The molecule has 0 bridgehead atoms. The third-order valence-corrected chi connectivity index (χ3v) is 4.47. The molecule has 144 valence electrons. The highest BCUT2D eigenvalue weighted by molar-refractivity contribution is 5.82. The van der Waals surface area contributed by atoms with Gasteiger partial charge in [-0.3, -0.25) is 9.59 Å². The molecule has 2 N–H and O–H groups in total. The van der Waals surface area contributed by atoms with Crippen molar-refractivity contribution < 1.29 is 14.3 Å². The monoisotopic (exact) mass is 361 g/mol. The van der Waals surface area contributed by atoms with E-state index in [1.807, 2.05) is 27.7 Å². The molecule has 0 aromatic heterocycles. The van der Waals surface area contributed by atoms with Gasteiger partial charge >= 0.3 is 0 Å². The lowest BCUT2D eigenvalue weighted by Crippen LogP contribution is -2.37. The Morgan fingerprint density at radius 1 is 1.15 bits per heavy atom. The number of hydrogen-bond acceptors (Lipinski definition) is 4. The minimum absolute atomic E-state index is 0.0444. The average molecular weight is 361 g/mol. The fraction of sp³-hybridized carbons (Fsp3) is 0.600. The Balaban J connectivity index is 1.78. The van der Waals surface area contributed by atoms with Gasteiger partial charge in [0.1, 0.15) is 0 Å². The van der Waals surface area contributed by atoms with Crippen LogP contribution in [0.15, 0.2) is 24.3 Å². The summed E-state index contributed by atoms with van der Waals surface area (Å²) in [6, 6.07) is 8.22. The maximum atomic E-state index is 12.1. The molecule has 1 atom stereocenters. The van der Waals surface area contributed by atoms with Crippen molar-refractivity contribution in [2.75, 3.05) is 37.7 Å². The first-order valence-electron chi connectivity index (χ1n) is 9.27. The largest absolute Gasteiger partial charge is 0.378 e. The van der Waals surface area contributed by atoms with Gasteiger partial charge in [-0.05, 0) is 24.6 Å². The Hall–Kier alpha value is -2.08. The molecule has 1 aromatic rings. The van der Waals surface area contributed by atoms with Crippen molar-refractivity contribution in [3.63, 3.8) is 0 Å². The van der Waals surface area contributed by atoms with Crippen molar-refractivity contribution in [1.29, 1.82) is 0 Å². The average Bonchev–Trinajstić information content (AvgIpc) is 2.61. The highest BCUT2D eigenvalue weighted by Crippen LogP contribution is 2.20. The highest BCUT2D eigenvalue weighted by Gasteiger charge is 2.20. The van der Waals surface area contributed by atoms with Crippen LogP contribution in [-0.2, 0) is 14.3 Å². The molecule has 1 unspecified atom stereocenters. The van der Waals surface area contributed by atoms with Gasteiger partial charge in [-0.15, -0.1) is 0 Å². The van der Waals surface area contributed by atoms with Crippen LogP contribution in [0.1, 0.15) is 45.7 Å². The minimum atomic E-state index is -0.438. The summed E-state index contributed by atoms with van der Waals surface area (Å²) >= 11 is 0. The van der Waals surface area contributed by atoms with Crippen LogP contribution in [0, 0.1) is 5.41 Å². The fourth-order valence-corrected chi connectivity index (χ4v) is 2.75. The van der Waals surface area contributed by atoms with Crippen LogP contribution < -0.4 is 15.5 Å². The molecule has 1 aliphatic rings. The van der Waals surface area contributed by atoms with Gasteiger partial charge in [0, 0.05) is 37.2 Å². The van der Waals surface area contributed by atoms with Gasteiger partial charge in [-0.2, -0.15) is 0 Å². The summed E-state index contributed by atoms with van der Waals surface area (Å²) in [5.74, 6) is -0.110. The Labute approximate surface area is 156 Å². The molecular weight excluding hydrogens is 330 g/mol. The van der Waals surface area contributed by atoms with Gasteiger partial charge in [0.15, 0.2) is 0 Å². The molecule has 6 nitrogen and oxygen atoms in total. The van der Waals surface area contributed by atoms with Crippen LogP contribution in [0.4, 0.5) is 5.69 Å². The first-order valence-corrected chi connectivity index (χ1v) is 9.27. The number of carbonyl (C=O) groups is 2. The van der Waals surface area contributed by atoms with Crippen molar-refractivity contribution in [3.05, 3.63) is 29.8 Å². The van der Waals surface area contributed by atoms with E-state index < -0.39 is 5.41 Å². The van der Waals surface area contributed by atoms with Crippen LogP contribution in [0.2, 0.25) is 0 Å². The predicted molar refractivity (Wildman–Crippen MR) is 103 cm³/mol. The van der Waals surface area contributed by atoms with Gasteiger partial charge in [0.2, 0.25) is 11.8 Å². The van der Waals surface area contributed by atoms with E-state index in [1.54, 1.807) is 0 Å². The Bertz CT molecular complexity index is 602. The predicted octanol–water partition coefficient (Wildman–Crippen LogP) is 2.25. The highest BCUT2D eigenvalue weighted by atomic mass is 16.5. The number of morpholine rings is 1. The lowest BCUT2D eigenvalue weighted by molar-refractivity contribution is -0.128. The van der Waals surface area contributed by atoms with Gasteiger partial charge in [-0.25, -0.2) is 0 Å². The molecule has 0 radical (unpaired) electrons. The summed E-state index contributed by atoms with van der Waals surface area (Å²) < 4.78 is 5.38. The van der Waals surface area contributed by atoms with Crippen molar-refractivity contribution in [3.8, 4) is 0 Å². The Kier molecular flexibility index (Phi) is 7.03. The molecule has 0 spiro atoms. The van der Waals surface area contributed by atoms with E-state index in [9.17, 15) is 9.59 Å². The number of benzene rings is 1. The molecule has 1 aliphatic heterocycles. The van der Waals surface area contributed by atoms with Crippen molar-refractivity contribution in [2.45, 2.75) is 40.2 Å². The molecule has 2 amide bonds. The van der Waals surface area contributed by atoms with Crippen molar-refractivity contribution in [2.24, 2.45) is 5.41 Å². The summed E-state index contributed by atoms with van der Waals surface area (Å²) in [5.41, 5.74) is 1.81. The van der Waals surface area contributed by atoms with Crippen LogP contribution in [0.3, 0.4) is 0 Å². The first kappa shape index (κ1) is 20.2. The van der Waals surface area contributed by atoms with E-state index in [4.69, 9.17) is 4.74 Å². The quantitative estimate of drug-likeness (QED) is 0.815. The standard InChI is InChI=1S/C20H31N3O3/c1-15(22-18(24)9-10-21-19(25)20(2,3)4)16-5-7-17(8-6-16)23-11-13-26-14-12-23/h5-8,15H,9-14H2,1-4H3,(H,21,25)(H,22,24). The third kappa shape index (κ3) is 6.02. The number of nitrogens with one attached hydrogen (secondary N) is 2. The van der Waals surface area contributed by atoms with E-state index >= 15 is 0 Å². The Morgan fingerprint density at radius 2 is 1.77 bits per heavy atom. The fourth-order valence-electron chi connectivity index (χ4n) is 2.75. The van der Waals surface area contributed by atoms with Crippen molar-refractivity contribution >= 4 is 17.5 Å². The van der Waals surface area contributed by atoms with E-state index in [0.717, 1.165) is 31.9 Å². The molecule has 1 fully saturated rings. The lowest BCUT2D eigenvalue weighted by Gasteiger charge is -2.29. The summed E-state index contributed by atoms with van der Waals surface area (Å²) in [5, 5.41) is 5.78. The summed E-state index contributed by atoms with van der Waals surface area (Å²) in [6.45, 7) is 11.2. The normalized spacial score (nSPS) is 16.1. The molecule has 0 aliphatic carbocycles. The number of hydrogen-bond donors (Lipinski definition) is 2. The van der Waals surface area contributed by atoms with E-state index in [-0.39, 0.29) is 24.3 Å². The second-order valence-electron chi connectivity index (χ2n) is 7.74. The third-order valence-electron chi connectivity index (χ3n) is 4.47. The van der Waals surface area contributed by atoms with Crippen LogP contribution in [0.25, 0.3) is 0 Å². The van der Waals surface area contributed by atoms with Crippen LogP contribution >= 0.6 is 0 Å². The summed E-state index contributed by atoms with van der Waals surface area (Å²) in [6.07, 6.45) is 0.276. The second kappa shape index (κ2) is 9.03. The zero-order valence-corrected chi connectivity index (χ0v) is 16.3. The zero-order valence-electron chi connectivity index (χ0n) is 16.3. The summed E-state index contributed by atoms with van der Waals surface area (Å²) in [4.78, 5) is 26.2. The SMILES string of the molecule is CC(NC(=O)CCNC(=O)C(C)(C)C)c1ccc(N2CCOCC2)cc1. The van der Waals surface area contributed by atoms with Gasteiger partial charge < -0.3 is 20.3 Å². The van der Waals surface area contributed by atoms with Gasteiger partial charge in [0.25, 0.3) is 0 Å². The molecule has 1 heterocycles. The molecule has 1 saturated heterocycles. The number of anilines is 1. The van der Waals surface area contributed by atoms with E-state index in [0.29, 0.717) is 6.54 Å². The second-order valence-corrected chi connectivity index (χ2v) is 7.74. The summed E-state index contributed by atoms with van der Waals surface area (Å²) in [7, 11) is 0. The molecule has 2 rings (SSSR count).